The molecule has 3 aliphatic heterocycles. The molecule has 2 N–H and O–H groups in total. The van der Waals surface area contributed by atoms with Gasteiger partial charge in [0, 0.05) is 22.5 Å². The number of para-hydroxylation sites is 2. The second kappa shape index (κ2) is 7.75. The summed E-state index contributed by atoms with van der Waals surface area (Å²) in [5.41, 5.74) is 5.18. The summed E-state index contributed by atoms with van der Waals surface area (Å²) >= 11 is 0. The Morgan fingerprint density at radius 2 is 1.45 bits per heavy atom. The molecule has 0 spiro atoms. The molecule has 150 valence electrons. The minimum absolute atomic E-state index is 0.255. The molecule has 3 heterocycles. The van der Waals surface area contributed by atoms with Crippen LogP contribution in [0.25, 0.3) is 5.70 Å². The van der Waals surface area contributed by atoms with Gasteiger partial charge in [-0.2, -0.15) is 0 Å². The standard InChI is InChI=1S/C23H16N6O2/c30-12-26-17-7-3-1-5-15(17)19-9-14-10-20(16-6-2-4-8-18(16)27-13-31)29-23-21(14)22(28-19)24-11-25-23/h1-13,21H,(H,26,30)(H,27,31). The largest absolute Gasteiger partial charge is 0.328 e. The first-order valence-corrected chi connectivity index (χ1v) is 9.58. The van der Waals surface area contributed by atoms with E-state index in [-0.39, 0.29) is 5.92 Å². The predicted octanol–water partition coefficient (Wildman–Crippen LogP) is 3.06. The van der Waals surface area contributed by atoms with E-state index >= 15 is 0 Å². The Bertz CT molecular complexity index is 1230. The van der Waals surface area contributed by atoms with Gasteiger partial charge in [-0.25, -0.2) is 20.0 Å². The van der Waals surface area contributed by atoms with Crippen molar-refractivity contribution < 1.29 is 9.59 Å². The number of dihydropyridines is 1. The summed E-state index contributed by atoms with van der Waals surface area (Å²) in [7, 11) is 0. The van der Waals surface area contributed by atoms with Crippen molar-refractivity contribution in [2.45, 2.75) is 0 Å². The van der Waals surface area contributed by atoms with Gasteiger partial charge in [0.15, 0.2) is 0 Å². The molecule has 31 heavy (non-hydrogen) atoms. The summed E-state index contributed by atoms with van der Waals surface area (Å²) in [5, 5.41) is 5.44. The van der Waals surface area contributed by atoms with Crippen LogP contribution < -0.4 is 10.6 Å². The summed E-state index contributed by atoms with van der Waals surface area (Å²) in [6.45, 7) is 0. The second-order valence-electron chi connectivity index (χ2n) is 6.92. The lowest BCUT2D eigenvalue weighted by Crippen LogP contribution is -2.32. The number of nitrogens with zero attached hydrogens (tertiary/aromatic N) is 4. The van der Waals surface area contributed by atoms with Crippen molar-refractivity contribution in [1.82, 2.24) is 0 Å². The number of hydrogen-bond acceptors (Lipinski definition) is 6. The summed E-state index contributed by atoms with van der Waals surface area (Å²) < 4.78 is 0. The average Bonchev–Trinajstić information content (AvgIpc) is 2.80. The summed E-state index contributed by atoms with van der Waals surface area (Å²) in [4.78, 5) is 40.2. The minimum Gasteiger partial charge on any atom is -0.328 e. The molecule has 0 aromatic heterocycles. The van der Waals surface area contributed by atoms with E-state index in [1.54, 1.807) is 0 Å². The molecule has 3 aliphatic rings. The van der Waals surface area contributed by atoms with Gasteiger partial charge in [-0.1, -0.05) is 36.4 Å². The molecule has 5 rings (SSSR count). The maximum atomic E-state index is 11.0. The molecule has 1 atom stereocenters. The summed E-state index contributed by atoms with van der Waals surface area (Å²) in [6.07, 6.45) is 6.65. The monoisotopic (exact) mass is 408 g/mol. The van der Waals surface area contributed by atoms with Crippen LogP contribution in [0.4, 0.5) is 11.4 Å². The van der Waals surface area contributed by atoms with Crippen molar-refractivity contribution in [2.75, 3.05) is 10.6 Å². The number of rotatable bonds is 6. The molecular formula is C23H16N6O2. The van der Waals surface area contributed by atoms with Crippen LogP contribution in [0, 0.1) is 5.92 Å². The van der Waals surface area contributed by atoms with Crippen molar-refractivity contribution in [1.29, 1.82) is 0 Å². The van der Waals surface area contributed by atoms with Gasteiger partial charge < -0.3 is 10.6 Å². The normalized spacial score (nSPS) is 18.5. The summed E-state index contributed by atoms with van der Waals surface area (Å²) in [6, 6.07) is 14.9. The molecule has 0 radical (unpaired) electrons. The Hall–Kier alpha value is -4.46. The lowest BCUT2D eigenvalue weighted by Gasteiger charge is -2.28. The maximum Gasteiger partial charge on any atom is 0.211 e. The number of hydrogen-bond donors (Lipinski definition) is 2. The predicted molar refractivity (Wildman–Crippen MR) is 122 cm³/mol. The third-order valence-electron chi connectivity index (χ3n) is 5.14. The van der Waals surface area contributed by atoms with Crippen LogP contribution in [-0.2, 0) is 9.59 Å². The molecule has 8 heteroatoms. The van der Waals surface area contributed by atoms with E-state index in [4.69, 9.17) is 9.98 Å². The highest BCUT2D eigenvalue weighted by Gasteiger charge is 2.34. The highest BCUT2D eigenvalue weighted by molar-refractivity contribution is 6.27. The topological polar surface area (TPSA) is 108 Å². The molecule has 0 bridgehead atoms. The van der Waals surface area contributed by atoms with Gasteiger partial charge in [-0.3, -0.25) is 9.59 Å². The Labute approximate surface area is 177 Å². The molecule has 8 nitrogen and oxygen atoms in total. The number of carbonyl (C=O) groups is 2. The zero-order chi connectivity index (χ0) is 21.2. The first-order valence-electron chi connectivity index (χ1n) is 9.58. The van der Waals surface area contributed by atoms with Crippen LogP contribution in [-0.4, -0.2) is 36.5 Å². The van der Waals surface area contributed by atoms with E-state index in [9.17, 15) is 9.59 Å². The van der Waals surface area contributed by atoms with Crippen molar-refractivity contribution in [3.8, 4) is 0 Å². The number of benzene rings is 2. The Balaban J connectivity index is 1.65. The second-order valence-corrected chi connectivity index (χ2v) is 6.92. The summed E-state index contributed by atoms with van der Waals surface area (Å²) in [5.74, 6) is 0.934. The van der Waals surface area contributed by atoms with Gasteiger partial charge >= 0.3 is 0 Å². The van der Waals surface area contributed by atoms with Gasteiger partial charge in [0.2, 0.25) is 12.8 Å². The third-order valence-corrected chi connectivity index (χ3v) is 5.14. The van der Waals surface area contributed by atoms with E-state index < -0.39 is 0 Å². The van der Waals surface area contributed by atoms with Gasteiger partial charge in [0.05, 0.1) is 11.4 Å². The van der Waals surface area contributed by atoms with Crippen molar-refractivity contribution >= 4 is 53.6 Å². The zero-order valence-corrected chi connectivity index (χ0v) is 16.2. The van der Waals surface area contributed by atoms with Crippen LogP contribution >= 0.6 is 0 Å². The Morgan fingerprint density at radius 1 is 0.774 bits per heavy atom. The number of amidine groups is 2. The van der Waals surface area contributed by atoms with E-state index in [0.717, 1.165) is 16.7 Å². The molecule has 1 unspecified atom stereocenters. The van der Waals surface area contributed by atoms with Gasteiger partial charge in [0.1, 0.15) is 23.9 Å². The highest BCUT2D eigenvalue weighted by atomic mass is 16.1. The fourth-order valence-electron chi connectivity index (χ4n) is 3.80. The number of nitrogens with one attached hydrogen (secondary N) is 2. The Kier molecular flexibility index (Phi) is 4.64. The molecule has 2 aromatic rings. The van der Waals surface area contributed by atoms with Gasteiger partial charge in [-0.05, 0) is 29.9 Å². The van der Waals surface area contributed by atoms with Gasteiger partial charge in [-0.15, -0.1) is 0 Å². The van der Waals surface area contributed by atoms with E-state index in [0.29, 0.717) is 47.3 Å². The van der Waals surface area contributed by atoms with Crippen molar-refractivity contribution in [2.24, 2.45) is 25.9 Å². The van der Waals surface area contributed by atoms with Crippen LogP contribution in [0.1, 0.15) is 11.1 Å². The molecule has 2 amide bonds. The van der Waals surface area contributed by atoms with E-state index in [1.807, 2.05) is 60.7 Å². The van der Waals surface area contributed by atoms with E-state index in [1.165, 1.54) is 6.34 Å². The fraction of sp³-hybridized carbons (Fsp3) is 0.0435. The zero-order valence-electron chi connectivity index (χ0n) is 16.2. The van der Waals surface area contributed by atoms with Crippen LogP contribution in [0.15, 0.2) is 86.2 Å². The molecule has 0 fully saturated rings. The molecule has 2 aromatic carbocycles. The van der Waals surface area contributed by atoms with Gasteiger partial charge in [0.25, 0.3) is 0 Å². The third kappa shape index (κ3) is 3.29. The molecule has 0 saturated carbocycles. The maximum absolute atomic E-state index is 11.0. The van der Waals surface area contributed by atoms with E-state index in [2.05, 4.69) is 20.6 Å². The average molecular weight is 408 g/mol. The first kappa shape index (κ1) is 18.6. The number of allylic oxidation sites excluding steroid dienone is 2. The van der Waals surface area contributed by atoms with Crippen LogP contribution in [0.3, 0.4) is 0 Å². The number of amides is 2. The quantitative estimate of drug-likeness (QED) is 0.717. The molecular weight excluding hydrogens is 392 g/mol. The SMILES string of the molecule is O=CNc1ccccc1C1=CC2=CC(c3ccccc3NC=O)=NC3=NC=NC(=N1)C23. The number of aliphatic imine (C=N–C) groups is 4. The molecule has 0 saturated heterocycles. The lowest BCUT2D eigenvalue weighted by molar-refractivity contribution is -0.106. The lowest BCUT2D eigenvalue weighted by atomic mass is 9.87. The van der Waals surface area contributed by atoms with Crippen LogP contribution in [0.5, 0.6) is 0 Å². The fourth-order valence-corrected chi connectivity index (χ4v) is 3.80. The highest BCUT2D eigenvalue weighted by Crippen LogP contribution is 2.36. The Morgan fingerprint density at radius 3 is 2.19 bits per heavy atom. The number of anilines is 2. The van der Waals surface area contributed by atoms with Crippen molar-refractivity contribution in [3.63, 3.8) is 0 Å². The smallest absolute Gasteiger partial charge is 0.211 e. The van der Waals surface area contributed by atoms with Crippen molar-refractivity contribution in [3.05, 3.63) is 77.4 Å². The minimum atomic E-state index is -0.255. The molecule has 0 aliphatic carbocycles. The first-order chi connectivity index (χ1) is 15.3. The number of carbonyl (C=O) groups excluding carboxylic acids is 2. The van der Waals surface area contributed by atoms with Crippen LogP contribution in [0.2, 0.25) is 0 Å².